The Morgan fingerprint density at radius 1 is 1.12 bits per heavy atom. The number of nitrogens with one attached hydrogen (secondary N) is 1. The molecule has 5 nitrogen and oxygen atoms in total. The van der Waals surface area contributed by atoms with Crippen molar-refractivity contribution >= 4 is 46.0 Å². The van der Waals surface area contributed by atoms with Gasteiger partial charge < -0.3 is 14.6 Å². The highest BCUT2D eigenvalue weighted by Gasteiger charge is 2.30. The number of carbonyl (C=O) groups is 2. The predicted molar refractivity (Wildman–Crippen MR) is 137 cm³/mol. The third-order valence-electron chi connectivity index (χ3n) is 6.78. The van der Waals surface area contributed by atoms with E-state index >= 15 is 0 Å². The Morgan fingerprint density at radius 3 is 2.56 bits per heavy atom. The van der Waals surface area contributed by atoms with E-state index in [1.807, 2.05) is 30.2 Å². The minimum absolute atomic E-state index is 0.0689. The topological polar surface area (TPSA) is 62.4 Å². The van der Waals surface area contributed by atoms with Crippen LogP contribution in [0.1, 0.15) is 55.7 Å². The van der Waals surface area contributed by atoms with Gasteiger partial charge in [-0.3, -0.25) is 9.59 Å². The van der Waals surface area contributed by atoms with E-state index in [9.17, 15) is 9.59 Å². The number of aromatic nitrogens is 1. The molecule has 4 rings (SSSR count). The van der Waals surface area contributed by atoms with E-state index in [4.69, 9.17) is 27.9 Å². The maximum atomic E-state index is 13.4. The zero-order chi connectivity index (χ0) is 24.2. The fourth-order valence-electron chi connectivity index (χ4n) is 4.89. The van der Waals surface area contributed by atoms with Gasteiger partial charge in [0.05, 0.1) is 22.6 Å². The van der Waals surface area contributed by atoms with Crippen molar-refractivity contribution in [1.29, 1.82) is 0 Å². The second-order valence-corrected chi connectivity index (χ2v) is 9.59. The van der Waals surface area contributed by atoms with Crippen LogP contribution in [0.5, 0.6) is 0 Å². The van der Waals surface area contributed by atoms with Crippen molar-refractivity contribution in [1.82, 2.24) is 9.88 Å². The number of carbonyl (C=O) groups excluding carboxylic acids is 2. The van der Waals surface area contributed by atoms with Gasteiger partial charge in [-0.15, -0.1) is 0 Å². The molecule has 0 spiro atoms. The van der Waals surface area contributed by atoms with E-state index < -0.39 is 0 Å². The molecule has 0 aliphatic carbocycles. The van der Waals surface area contributed by atoms with Gasteiger partial charge in [-0.05, 0) is 55.0 Å². The lowest BCUT2D eigenvalue weighted by Crippen LogP contribution is -2.41. The molecule has 0 saturated carbocycles. The van der Waals surface area contributed by atoms with Gasteiger partial charge in [0.1, 0.15) is 0 Å². The predicted octanol–water partition coefficient (Wildman–Crippen LogP) is 6.36. The molecule has 3 aromatic rings. The molecule has 1 aliphatic heterocycles. The van der Waals surface area contributed by atoms with Crippen LogP contribution in [0.4, 0.5) is 0 Å². The van der Waals surface area contributed by atoms with Gasteiger partial charge in [-0.25, -0.2) is 0 Å². The van der Waals surface area contributed by atoms with Gasteiger partial charge >= 0.3 is 5.97 Å². The van der Waals surface area contributed by atoms with Crippen LogP contribution in [0.25, 0.3) is 10.9 Å². The van der Waals surface area contributed by atoms with E-state index in [2.05, 4.69) is 30.1 Å². The van der Waals surface area contributed by atoms with Gasteiger partial charge in [-0.1, -0.05) is 54.4 Å². The molecule has 1 atom stereocenters. The monoisotopic (exact) mass is 500 g/mol. The summed E-state index contributed by atoms with van der Waals surface area (Å²) in [5.74, 6) is -0.393. The molecule has 1 aliphatic rings. The SMILES string of the molecule is CCOC(=O)C1CCN(C(=O)CC(c2ccc(Cl)c(Cl)c2)c2c[nH]c3c(CC)cccc23)CC1. The summed E-state index contributed by atoms with van der Waals surface area (Å²) in [5.41, 5.74) is 4.36. The Hall–Kier alpha value is -2.50. The number of hydrogen-bond acceptors (Lipinski definition) is 3. The maximum Gasteiger partial charge on any atom is 0.309 e. The number of nitrogens with zero attached hydrogens (tertiary/aromatic N) is 1. The van der Waals surface area contributed by atoms with Crippen molar-refractivity contribution in [2.24, 2.45) is 5.92 Å². The summed E-state index contributed by atoms with van der Waals surface area (Å²) in [4.78, 5) is 30.8. The van der Waals surface area contributed by atoms with Gasteiger partial charge in [0.25, 0.3) is 0 Å². The third-order valence-corrected chi connectivity index (χ3v) is 7.52. The van der Waals surface area contributed by atoms with E-state index in [-0.39, 0.29) is 23.7 Å². The largest absolute Gasteiger partial charge is 0.466 e. The summed E-state index contributed by atoms with van der Waals surface area (Å²) in [6, 6.07) is 11.9. The number of amides is 1. The molecule has 1 N–H and O–H groups in total. The van der Waals surface area contributed by atoms with E-state index in [0.717, 1.165) is 28.5 Å². The maximum absolute atomic E-state index is 13.4. The van der Waals surface area contributed by atoms with Crippen LogP contribution < -0.4 is 0 Å². The van der Waals surface area contributed by atoms with Crippen molar-refractivity contribution in [3.05, 3.63) is 69.3 Å². The Balaban J connectivity index is 1.61. The second-order valence-electron chi connectivity index (χ2n) is 8.77. The highest BCUT2D eigenvalue weighted by atomic mass is 35.5. The first-order valence-electron chi connectivity index (χ1n) is 11.9. The van der Waals surface area contributed by atoms with Crippen LogP contribution in [-0.2, 0) is 20.7 Å². The zero-order valence-electron chi connectivity index (χ0n) is 19.6. The van der Waals surface area contributed by atoms with Crippen LogP contribution >= 0.6 is 23.2 Å². The van der Waals surface area contributed by atoms with Crippen molar-refractivity contribution in [3.8, 4) is 0 Å². The number of piperidine rings is 1. The number of esters is 1. The first-order valence-corrected chi connectivity index (χ1v) is 12.7. The molecule has 180 valence electrons. The summed E-state index contributed by atoms with van der Waals surface area (Å²) in [7, 11) is 0. The van der Waals surface area contributed by atoms with Crippen LogP contribution in [0.2, 0.25) is 10.0 Å². The molecule has 1 saturated heterocycles. The van der Waals surface area contributed by atoms with Crippen LogP contribution in [0, 0.1) is 5.92 Å². The summed E-state index contributed by atoms with van der Waals surface area (Å²) < 4.78 is 5.16. The smallest absolute Gasteiger partial charge is 0.309 e. The number of ether oxygens (including phenoxy) is 1. The van der Waals surface area contributed by atoms with Crippen LogP contribution in [0.3, 0.4) is 0 Å². The molecular formula is C27H30Cl2N2O3. The molecule has 0 radical (unpaired) electrons. The minimum Gasteiger partial charge on any atom is -0.466 e. The first kappa shape index (κ1) is 24.6. The number of hydrogen-bond donors (Lipinski definition) is 1. The summed E-state index contributed by atoms with van der Waals surface area (Å²) in [6.45, 7) is 5.45. The highest BCUT2D eigenvalue weighted by Crippen LogP contribution is 2.37. The van der Waals surface area contributed by atoms with Crippen molar-refractivity contribution < 1.29 is 14.3 Å². The lowest BCUT2D eigenvalue weighted by molar-refractivity contribution is -0.151. The number of fused-ring (bicyclic) bond motifs is 1. The van der Waals surface area contributed by atoms with Crippen molar-refractivity contribution in [3.63, 3.8) is 0 Å². The van der Waals surface area contributed by atoms with Gasteiger partial charge in [-0.2, -0.15) is 0 Å². The fourth-order valence-corrected chi connectivity index (χ4v) is 5.19. The Bertz CT molecular complexity index is 1180. The van der Waals surface area contributed by atoms with E-state index in [1.54, 1.807) is 6.07 Å². The minimum atomic E-state index is -0.175. The fraction of sp³-hybridized carbons (Fsp3) is 0.407. The zero-order valence-corrected chi connectivity index (χ0v) is 21.1. The third kappa shape index (κ3) is 5.11. The molecular weight excluding hydrogens is 471 g/mol. The Morgan fingerprint density at radius 2 is 1.88 bits per heavy atom. The van der Waals surface area contributed by atoms with E-state index in [0.29, 0.717) is 49.0 Å². The van der Waals surface area contributed by atoms with Gasteiger partial charge in [0, 0.05) is 42.5 Å². The molecule has 1 aromatic heterocycles. The molecule has 34 heavy (non-hydrogen) atoms. The van der Waals surface area contributed by atoms with Crippen LogP contribution in [0.15, 0.2) is 42.6 Å². The number of para-hydroxylation sites is 1. The van der Waals surface area contributed by atoms with Crippen molar-refractivity contribution in [2.45, 2.75) is 45.4 Å². The molecule has 0 bridgehead atoms. The second kappa shape index (κ2) is 10.8. The summed E-state index contributed by atoms with van der Waals surface area (Å²) in [6.07, 6.45) is 4.51. The normalized spacial score (nSPS) is 15.5. The van der Waals surface area contributed by atoms with E-state index in [1.165, 1.54) is 5.56 Å². The molecule has 1 fully saturated rings. The number of rotatable bonds is 7. The standard InChI is InChI=1S/C27H30Cl2N2O3/c1-3-17-6-5-7-20-22(16-30-26(17)20)21(19-8-9-23(28)24(29)14-19)15-25(32)31-12-10-18(11-13-31)27(33)34-4-2/h5-9,14,16,18,21,30H,3-4,10-13,15H2,1-2H3. The van der Waals surface area contributed by atoms with Gasteiger partial charge in [0.2, 0.25) is 5.91 Å². The molecule has 2 aromatic carbocycles. The average molecular weight is 501 g/mol. The summed E-state index contributed by atoms with van der Waals surface area (Å²) >= 11 is 12.5. The lowest BCUT2D eigenvalue weighted by atomic mass is 9.87. The summed E-state index contributed by atoms with van der Waals surface area (Å²) in [5, 5.41) is 2.08. The van der Waals surface area contributed by atoms with Gasteiger partial charge in [0.15, 0.2) is 0 Å². The number of H-pyrrole nitrogens is 1. The van der Waals surface area contributed by atoms with Crippen molar-refractivity contribution in [2.75, 3.05) is 19.7 Å². The number of benzene rings is 2. The molecule has 7 heteroatoms. The van der Waals surface area contributed by atoms with Crippen LogP contribution in [-0.4, -0.2) is 41.5 Å². The number of likely N-dealkylation sites (tertiary alicyclic amines) is 1. The lowest BCUT2D eigenvalue weighted by Gasteiger charge is -2.32. The quantitative estimate of drug-likeness (QED) is 0.383. The first-order chi connectivity index (χ1) is 16.4. The molecule has 1 amide bonds. The molecule has 1 unspecified atom stereocenters. The highest BCUT2D eigenvalue weighted by molar-refractivity contribution is 6.42. The number of aryl methyl sites for hydroxylation is 1. The number of halogens is 2. The Labute approximate surface area is 210 Å². The molecule has 2 heterocycles. The average Bonchev–Trinajstić information content (AvgIpc) is 3.28. The Kier molecular flexibility index (Phi) is 7.84. The number of aromatic amines is 1.